The van der Waals surface area contributed by atoms with Crippen molar-refractivity contribution in [3.63, 3.8) is 0 Å². The molecule has 0 aromatic heterocycles. The Kier molecular flexibility index (Phi) is 5.40. The van der Waals surface area contributed by atoms with E-state index >= 15 is 0 Å². The summed E-state index contributed by atoms with van der Waals surface area (Å²) in [7, 11) is 2.18. The van der Waals surface area contributed by atoms with Crippen molar-refractivity contribution < 1.29 is 4.74 Å². The second kappa shape index (κ2) is 7.28. The van der Waals surface area contributed by atoms with Gasteiger partial charge in [-0.15, -0.1) is 0 Å². The van der Waals surface area contributed by atoms with Gasteiger partial charge in [0, 0.05) is 12.6 Å². The van der Waals surface area contributed by atoms with Gasteiger partial charge in [0.25, 0.3) is 0 Å². The lowest BCUT2D eigenvalue weighted by Gasteiger charge is -2.18. The summed E-state index contributed by atoms with van der Waals surface area (Å²) >= 11 is 0. The lowest BCUT2D eigenvalue weighted by Crippen LogP contribution is -2.27. The van der Waals surface area contributed by atoms with E-state index in [0.29, 0.717) is 6.04 Å². The maximum absolute atomic E-state index is 8.47. The molecule has 4 heteroatoms. The molecule has 0 spiro atoms. The summed E-state index contributed by atoms with van der Waals surface area (Å²) in [5.74, 6) is 1.51. The molecule has 1 fully saturated rings. The molecule has 108 valence electrons. The number of ether oxygens (including phenoxy) is 1. The van der Waals surface area contributed by atoms with Gasteiger partial charge >= 0.3 is 0 Å². The van der Waals surface area contributed by atoms with Crippen LogP contribution < -0.4 is 10.1 Å². The molecule has 1 N–H and O–H groups in total. The van der Waals surface area contributed by atoms with Crippen LogP contribution in [0.3, 0.4) is 0 Å². The fourth-order valence-electron chi connectivity index (χ4n) is 2.62. The summed E-state index contributed by atoms with van der Waals surface area (Å²) in [5, 5.41) is 12.1. The normalized spacial score (nSPS) is 20.6. The van der Waals surface area contributed by atoms with Crippen molar-refractivity contribution in [2.75, 3.05) is 33.3 Å². The molecule has 1 heterocycles. The summed E-state index contributed by atoms with van der Waals surface area (Å²) < 4.78 is 5.26. The first-order chi connectivity index (χ1) is 9.69. The topological polar surface area (TPSA) is 48.3 Å². The van der Waals surface area contributed by atoms with Crippen molar-refractivity contribution in [3.8, 4) is 11.8 Å². The van der Waals surface area contributed by atoms with Crippen LogP contribution in [0.2, 0.25) is 0 Å². The fraction of sp³-hybridized carbons (Fsp3) is 0.562. The van der Waals surface area contributed by atoms with Crippen molar-refractivity contribution in [1.29, 1.82) is 5.26 Å². The molecule has 1 aliphatic heterocycles. The van der Waals surface area contributed by atoms with Crippen LogP contribution in [-0.2, 0) is 0 Å². The maximum atomic E-state index is 8.47. The van der Waals surface area contributed by atoms with Gasteiger partial charge in [0.05, 0.1) is 0 Å². The van der Waals surface area contributed by atoms with Gasteiger partial charge in [-0.2, -0.15) is 5.26 Å². The van der Waals surface area contributed by atoms with Gasteiger partial charge in [-0.1, -0.05) is 12.1 Å². The SMILES string of the molecule is CC(NCC1CCN(C)C1)c1ccc(OCC#N)cc1. The van der Waals surface area contributed by atoms with Crippen LogP contribution in [0.4, 0.5) is 0 Å². The van der Waals surface area contributed by atoms with E-state index in [4.69, 9.17) is 10.00 Å². The molecule has 0 aliphatic carbocycles. The van der Waals surface area contributed by atoms with E-state index in [1.165, 1.54) is 25.1 Å². The Labute approximate surface area is 121 Å². The third kappa shape index (κ3) is 4.22. The molecule has 1 aliphatic rings. The molecular weight excluding hydrogens is 250 g/mol. The van der Waals surface area contributed by atoms with E-state index in [2.05, 4.69) is 36.3 Å². The van der Waals surface area contributed by atoms with E-state index in [9.17, 15) is 0 Å². The number of rotatable bonds is 6. The molecule has 0 bridgehead atoms. The molecule has 1 saturated heterocycles. The highest BCUT2D eigenvalue weighted by atomic mass is 16.5. The fourth-order valence-corrected chi connectivity index (χ4v) is 2.62. The molecule has 2 rings (SSSR count). The monoisotopic (exact) mass is 273 g/mol. The number of nitrogens with one attached hydrogen (secondary N) is 1. The van der Waals surface area contributed by atoms with E-state index in [1.807, 2.05) is 18.2 Å². The lowest BCUT2D eigenvalue weighted by atomic mass is 10.1. The number of benzene rings is 1. The molecule has 2 unspecified atom stereocenters. The lowest BCUT2D eigenvalue weighted by molar-refractivity contribution is 0.367. The molecule has 1 aromatic rings. The van der Waals surface area contributed by atoms with Gasteiger partial charge in [0.15, 0.2) is 6.61 Å². The zero-order valence-corrected chi connectivity index (χ0v) is 12.3. The highest BCUT2D eigenvalue weighted by Gasteiger charge is 2.19. The Bertz CT molecular complexity index is 452. The second-order valence-electron chi connectivity index (χ2n) is 5.56. The van der Waals surface area contributed by atoms with Crippen LogP contribution in [0.5, 0.6) is 5.75 Å². The van der Waals surface area contributed by atoms with E-state index in [-0.39, 0.29) is 6.61 Å². The molecule has 0 amide bonds. The van der Waals surface area contributed by atoms with Crippen LogP contribution in [0.15, 0.2) is 24.3 Å². The molecule has 0 saturated carbocycles. The molecule has 2 atom stereocenters. The molecule has 0 radical (unpaired) electrons. The van der Waals surface area contributed by atoms with Crippen molar-refractivity contribution in [3.05, 3.63) is 29.8 Å². The minimum Gasteiger partial charge on any atom is -0.479 e. The van der Waals surface area contributed by atoms with Crippen molar-refractivity contribution >= 4 is 0 Å². The molecule has 20 heavy (non-hydrogen) atoms. The zero-order chi connectivity index (χ0) is 14.4. The van der Waals surface area contributed by atoms with Crippen LogP contribution in [0, 0.1) is 17.2 Å². The first kappa shape index (κ1) is 14.8. The Morgan fingerprint density at radius 1 is 1.45 bits per heavy atom. The third-order valence-electron chi connectivity index (χ3n) is 3.89. The van der Waals surface area contributed by atoms with Gasteiger partial charge in [0.1, 0.15) is 11.8 Å². The standard InChI is InChI=1S/C16H23N3O/c1-13(18-11-14-7-9-19(2)12-14)15-3-5-16(6-4-15)20-10-8-17/h3-6,13-14,18H,7,9-12H2,1-2H3. The van der Waals surface area contributed by atoms with Gasteiger partial charge in [-0.3, -0.25) is 0 Å². The first-order valence-electron chi connectivity index (χ1n) is 7.20. The molecule has 1 aromatic carbocycles. The summed E-state index contributed by atoms with van der Waals surface area (Å²) in [6.45, 7) is 5.76. The molecule has 4 nitrogen and oxygen atoms in total. The van der Waals surface area contributed by atoms with Crippen molar-refractivity contribution in [1.82, 2.24) is 10.2 Å². The van der Waals surface area contributed by atoms with E-state index in [1.54, 1.807) is 0 Å². The smallest absolute Gasteiger partial charge is 0.174 e. The number of nitriles is 1. The summed E-state index contributed by atoms with van der Waals surface area (Å²) in [6, 6.07) is 10.3. The van der Waals surface area contributed by atoms with Gasteiger partial charge < -0.3 is 15.0 Å². The minimum atomic E-state index is 0.0996. The van der Waals surface area contributed by atoms with Crippen LogP contribution >= 0.6 is 0 Å². The number of likely N-dealkylation sites (tertiary alicyclic amines) is 1. The van der Waals surface area contributed by atoms with E-state index in [0.717, 1.165) is 18.2 Å². The van der Waals surface area contributed by atoms with Crippen LogP contribution in [0.1, 0.15) is 24.9 Å². The van der Waals surface area contributed by atoms with Gasteiger partial charge in [-0.05, 0) is 57.1 Å². The summed E-state index contributed by atoms with van der Waals surface area (Å²) in [6.07, 6.45) is 1.29. The largest absolute Gasteiger partial charge is 0.479 e. The predicted octanol–water partition coefficient (Wildman–Crippen LogP) is 2.19. The van der Waals surface area contributed by atoms with Gasteiger partial charge in [-0.25, -0.2) is 0 Å². The highest BCUT2D eigenvalue weighted by Crippen LogP contribution is 2.19. The molecular formula is C16H23N3O. The van der Waals surface area contributed by atoms with E-state index < -0.39 is 0 Å². The maximum Gasteiger partial charge on any atom is 0.174 e. The first-order valence-corrected chi connectivity index (χ1v) is 7.20. The zero-order valence-electron chi connectivity index (χ0n) is 12.3. The number of hydrogen-bond acceptors (Lipinski definition) is 4. The Hall–Kier alpha value is -1.57. The van der Waals surface area contributed by atoms with Crippen molar-refractivity contribution in [2.24, 2.45) is 5.92 Å². The quantitative estimate of drug-likeness (QED) is 0.863. The predicted molar refractivity (Wildman–Crippen MR) is 79.6 cm³/mol. The van der Waals surface area contributed by atoms with Crippen LogP contribution in [-0.4, -0.2) is 38.2 Å². The average Bonchev–Trinajstić information content (AvgIpc) is 2.89. The highest BCUT2D eigenvalue weighted by molar-refractivity contribution is 5.29. The average molecular weight is 273 g/mol. The van der Waals surface area contributed by atoms with Crippen molar-refractivity contribution in [2.45, 2.75) is 19.4 Å². The number of nitrogens with zero attached hydrogens (tertiary/aromatic N) is 2. The minimum absolute atomic E-state index is 0.0996. The third-order valence-corrected chi connectivity index (χ3v) is 3.89. The Morgan fingerprint density at radius 2 is 2.20 bits per heavy atom. The number of hydrogen-bond donors (Lipinski definition) is 1. The van der Waals surface area contributed by atoms with Crippen LogP contribution in [0.25, 0.3) is 0 Å². The summed E-state index contributed by atoms with van der Waals surface area (Å²) in [5.41, 5.74) is 1.25. The Balaban J connectivity index is 1.80. The summed E-state index contributed by atoms with van der Waals surface area (Å²) in [4.78, 5) is 2.39. The second-order valence-corrected chi connectivity index (χ2v) is 5.56. The van der Waals surface area contributed by atoms with Gasteiger partial charge in [0.2, 0.25) is 0 Å². The Morgan fingerprint density at radius 3 is 2.80 bits per heavy atom.